The van der Waals surface area contributed by atoms with Gasteiger partial charge < -0.3 is 10.1 Å². The van der Waals surface area contributed by atoms with Crippen LogP contribution in [0.25, 0.3) is 0 Å². The Hall–Kier alpha value is -1.65. The topological polar surface area (TPSA) is 38.3 Å². The van der Waals surface area contributed by atoms with E-state index in [4.69, 9.17) is 16.3 Å². The second-order valence-electron chi connectivity index (χ2n) is 5.18. The summed E-state index contributed by atoms with van der Waals surface area (Å²) in [5.41, 5.74) is 3.22. The molecule has 3 nitrogen and oxygen atoms in total. The molecule has 122 valence electrons. The van der Waals surface area contributed by atoms with E-state index < -0.39 is 0 Å². The Morgan fingerprint density at radius 3 is 2.74 bits per heavy atom. The highest BCUT2D eigenvalue weighted by Crippen LogP contribution is 2.24. The molecule has 0 unspecified atom stereocenters. The van der Waals surface area contributed by atoms with E-state index in [1.54, 1.807) is 18.9 Å². The number of halogens is 1. The summed E-state index contributed by atoms with van der Waals surface area (Å²) in [4.78, 5) is 11.9. The molecule has 1 amide bonds. The highest BCUT2D eigenvalue weighted by Gasteiger charge is 2.07. The SMILES string of the molecule is COc1ccc(C)cc1CSCC(=O)NCc1ccccc1Cl. The second kappa shape index (κ2) is 8.85. The molecule has 0 fully saturated rings. The van der Waals surface area contributed by atoms with Gasteiger partial charge in [0, 0.05) is 22.9 Å². The number of amides is 1. The zero-order valence-corrected chi connectivity index (χ0v) is 14.8. The smallest absolute Gasteiger partial charge is 0.230 e. The molecule has 0 spiro atoms. The van der Waals surface area contributed by atoms with Crippen molar-refractivity contribution in [2.24, 2.45) is 0 Å². The summed E-state index contributed by atoms with van der Waals surface area (Å²) in [6.07, 6.45) is 0. The van der Waals surface area contributed by atoms with Crippen LogP contribution < -0.4 is 10.1 Å². The van der Waals surface area contributed by atoms with Gasteiger partial charge in [-0.15, -0.1) is 11.8 Å². The standard InChI is InChI=1S/C18H20ClNO2S/c1-13-7-8-17(22-2)15(9-13)11-23-12-18(21)20-10-14-5-3-4-6-16(14)19/h3-9H,10-12H2,1-2H3,(H,20,21). The summed E-state index contributed by atoms with van der Waals surface area (Å²) in [5, 5.41) is 3.56. The average molecular weight is 350 g/mol. The molecule has 5 heteroatoms. The van der Waals surface area contributed by atoms with E-state index in [2.05, 4.69) is 11.4 Å². The van der Waals surface area contributed by atoms with Crippen LogP contribution in [-0.4, -0.2) is 18.8 Å². The minimum Gasteiger partial charge on any atom is -0.496 e. The van der Waals surface area contributed by atoms with Crippen molar-refractivity contribution in [1.29, 1.82) is 0 Å². The Kier molecular flexibility index (Phi) is 6.81. The number of benzene rings is 2. The molecule has 0 aliphatic rings. The van der Waals surface area contributed by atoms with E-state index in [1.165, 1.54) is 5.56 Å². The third kappa shape index (κ3) is 5.48. The highest BCUT2D eigenvalue weighted by molar-refractivity contribution is 7.99. The summed E-state index contributed by atoms with van der Waals surface area (Å²) < 4.78 is 5.35. The van der Waals surface area contributed by atoms with Crippen LogP contribution in [0.1, 0.15) is 16.7 Å². The second-order valence-corrected chi connectivity index (χ2v) is 6.57. The summed E-state index contributed by atoms with van der Waals surface area (Å²) in [6, 6.07) is 13.6. The van der Waals surface area contributed by atoms with Gasteiger partial charge in [-0.05, 0) is 24.6 Å². The van der Waals surface area contributed by atoms with Crippen LogP contribution in [0, 0.1) is 6.92 Å². The minimum absolute atomic E-state index is 0.00143. The molecule has 0 aliphatic heterocycles. The van der Waals surface area contributed by atoms with Crippen LogP contribution in [0.4, 0.5) is 0 Å². The van der Waals surface area contributed by atoms with Crippen LogP contribution >= 0.6 is 23.4 Å². The number of hydrogen-bond donors (Lipinski definition) is 1. The van der Waals surface area contributed by atoms with Crippen molar-refractivity contribution in [2.75, 3.05) is 12.9 Å². The highest BCUT2D eigenvalue weighted by atomic mass is 35.5. The Morgan fingerprint density at radius 2 is 2.00 bits per heavy atom. The fourth-order valence-corrected chi connectivity index (χ4v) is 3.20. The number of nitrogens with one attached hydrogen (secondary N) is 1. The van der Waals surface area contributed by atoms with Gasteiger partial charge >= 0.3 is 0 Å². The molecule has 0 bridgehead atoms. The zero-order valence-electron chi connectivity index (χ0n) is 13.3. The van der Waals surface area contributed by atoms with Crippen LogP contribution in [0.3, 0.4) is 0 Å². The van der Waals surface area contributed by atoms with E-state index in [0.29, 0.717) is 17.3 Å². The average Bonchev–Trinajstić information content (AvgIpc) is 2.54. The summed E-state index contributed by atoms with van der Waals surface area (Å²) >= 11 is 7.64. The molecule has 2 rings (SSSR count). The van der Waals surface area contributed by atoms with Gasteiger partial charge in [-0.3, -0.25) is 4.79 Å². The van der Waals surface area contributed by atoms with Crippen molar-refractivity contribution >= 4 is 29.3 Å². The van der Waals surface area contributed by atoms with Crippen LogP contribution in [-0.2, 0) is 17.1 Å². The first-order valence-corrected chi connectivity index (χ1v) is 8.85. The lowest BCUT2D eigenvalue weighted by atomic mass is 10.1. The van der Waals surface area contributed by atoms with Crippen molar-refractivity contribution in [3.05, 3.63) is 64.2 Å². The number of hydrogen-bond acceptors (Lipinski definition) is 3. The zero-order chi connectivity index (χ0) is 16.7. The molecule has 0 aromatic heterocycles. The Bertz CT molecular complexity index is 676. The number of ether oxygens (including phenoxy) is 1. The minimum atomic E-state index is 0.00143. The predicted molar refractivity (Wildman–Crippen MR) is 97.2 cm³/mol. The maximum Gasteiger partial charge on any atom is 0.230 e. The fraction of sp³-hybridized carbons (Fsp3) is 0.278. The molecule has 0 heterocycles. The molecule has 23 heavy (non-hydrogen) atoms. The third-order valence-electron chi connectivity index (χ3n) is 3.36. The van der Waals surface area contributed by atoms with E-state index in [9.17, 15) is 4.79 Å². The van der Waals surface area contributed by atoms with E-state index in [1.807, 2.05) is 43.3 Å². The molecule has 1 N–H and O–H groups in total. The fourth-order valence-electron chi connectivity index (χ4n) is 2.16. The van der Waals surface area contributed by atoms with E-state index >= 15 is 0 Å². The number of rotatable bonds is 7. The largest absolute Gasteiger partial charge is 0.496 e. The number of aryl methyl sites for hydroxylation is 1. The lowest BCUT2D eigenvalue weighted by Gasteiger charge is -2.10. The molecule has 0 radical (unpaired) electrons. The number of carbonyl (C=O) groups is 1. The van der Waals surface area contributed by atoms with Gasteiger partial charge in [0.15, 0.2) is 0 Å². The van der Waals surface area contributed by atoms with Crippen molar-refractivity contribution in [3.63, 3.8) is 0 Å². The summed E-state index contributed by atoms with van der Waals surface area (Å²) in [6.45, 7) is 2.50. The molecule has 0 aliphatic carbocycles. The molecule has 2 aromatic rings. The Balaban J connectivity index is 1.79. The number of thioether (sulfide) groups is 1. The maximum absolute atomic E-state index is 11.9. The van der Waals surface area contributed by atoms with Crippen molar-refractivity contribution in [2.45, 2.75) is 19.2 Å². The Labute approximate surface area is 146 Å². The Morgan fingerprint density at radius 1 is 1.22 bits per heavy atom. The van der Waals surface area contributed by atoms with Gasteiger partial charge in [-0.25, -0.2) is 0 Å². The van der Waals surface area contributed by atoms with Gasteiger partial charge in [-0.2, -0.15) is 0 Å². The maximum atomic E-state index is 11.9. The summed E-state index contributed by atoms with van der Waals surface area (Å²) in [7, 11) is 1.66. The van der Waals surface area contributed by atoms with Crippen LogP contribution in [0.5, 0.6) is 5.75 Å². The summed E-state index contributed by atoms with van der Waals surface area (Å²) in [5.74, 6) is 2.01. The molecular weight excluding hydrogens is 330 g/mol. The molecule has 0 atom stereocenters. The van der Waals surface area contributed by atoms with Gasteiger partial charge in [0.2, 0.25) is 5.91 Å². The molecule has 0 saturated heterocycles. The monoisotopic (exact) mass is 349 g/mol. The van der Waals surface area contributed by atoms with Gasteiger partial charge in [0.25, 0.3) is 0 Å². The molecule has 0 saturated carbocycles. The third-order valence-corrected chi connectivity index (χ3v) is 4.71. The quantitative estimate of drug-likeness (QED) is 0.813. The van der Waals surface area contributed by atoms with E-state index in [0.717, 1.165) is 22.6 Å². The van der Waals surface area contributed by atoms with E-state index in [-0.39, 0.29) is 5.91 Å². The first-order chi connectivity index (χ1) is 11.1. The normalized spacial score (nSPS) is 10.4. The van der Waals surface area contributed by atoms with Crippen LogP contribution in [0.15, 0.2) is 42.5 Å². The van der Waals surface area contributed by atoms with Gasteiger partial charge in [0.1, 0.15) is 5.75 Å². The number of methoxy groups -OCH3 is 1. The molecular formula is C18H20ClNO2S. The first kappa shape index (κ1) is 17.7. The first-order valence-electron chi connectivity index (χ1n) is 7.31. The van der Waals surface area contributed by atoms with Crippen molar-refractivity contribution < 1.29 is 9.53 Å². The lowest BCUT2D eigenvalue weighted by molar-refractivity contribution is -0.118. The van der Waals surface area contributed by atoms with Gasteiger partial charge in [-0.1, -0.05) is 47.5 Å². The van der Waals surface area contributed by atoms with Crippen molar-refractivity contribution in [3.8, 4) is 5.75 Å². The molecule has 2 aromatic carbocycles. The predicted octanol–water partition coefficient (Wildman–Crippen LogP) is 4.21. The number of carbonyl (C=O) groups excluding carboxylic acids is 1. The lowest BCUT2D eigenvalue weighted by Crippen LogP contribution is -2.24. The van der Waals surface area contributed by atoms with Crippen LogP contribution in [0.2, 0.25) is 5.02 Å². The van der Waals surface area contributed by atoms with Crippen molar-refractivity contribution in [1.82, 2.24) is 5.32 Å². The van der Waals surface area contributed by atoms with Gasteiger partial charge in [0.05, 0.1) is 12.9 Å².